The molecular weight excluding hydrogens is 230 g/mol. The Labute approximate surface area is 96.1 Å². The summed E-state index contributed by atoms with van der Waals surface area (Å²) in [6, 6.07) is 3.39. The lowest BCUT2D eigenvalue weighted by atomic mass is 10.2. The van der Waals surface area contributed by atoms with Gasteiger partial charge in [-0.2, -0.15) is 0 Å². The molecule has 0 aliphatic carbocycles. The van der Waals surface area contributed by atoms with Gasteiger partial charge < -0.3 is 9.47 Å². The molecule has 0 atom stereocenters. The molecule has 0 aliphatic heterocycles. The van der Waals surface area contributed by atoms with Crippen LogP contribution in [0, 0.1) is 10.1 Å². The number of benzene rings is 1. The van der Waals surface area contributed by atoms with E-state index in [1.54, 1.807) is 6.92 Å². The van der Waals surface area contributed by atoms with Crippen LogP contribution in [0.15, 0.2) is 18.2 Å². The highest BCUT2D eigenvalue weighted by Gasteiger charge is 2.15. The normalized spacial score (nSPS) is 9.47. The van der Waals surface area contributed by atoms with Gasteiger partial charge in [-0.05, 0) is 19.1 Å². The third kappa shape index (κ3) is 3.26. The molecule has 0 radical (unpaired) electrons. The summed E-state index contributed by atoms with van der Waals surface area (Å²) in [6.45, 7) is 1.75. The molecule has 0 aliphatic rings. The highest BCUT2D eigenvalue weighted by atomic mass is 16.7. The Hall–Kier alpha value is -2.44. The van der Waals surface area contributed by atoms with Gasteiger partial charge in [-0.3, -0.25) is 14.9 Å². The zero-order valence-corrected chi connectivity index (χ0v) is 8.91. The number of nitro benzene ring substituents is 1. The SMILES string of the molecule is CCOC(=O)Oc1ccc([N+](=O)[O-])c(C=O)c1. The molecule has 0 saturated heterocycles. The Balaban J connectivity index is 2.93. The molecule has 7 nitrogen and oxygen atoms in total. The number of carbonyl (C=O) groups is 2. The van der Waals surface area contributed by atoms with Crippen molar-refractivity contribution in [1.29, 1.82) is 0 Å². The predicted molar refractivity (Wildman–Crippen MR) is 56.1 cm³/mol. The van der Waals surface area contributed by atoms with Crippen molar-refractivity contribution in [3.63, 3.8) is 0 Å². The van der Waals surface area contributed by atoms with E-state index in [2.05, 4.69) is 9.47 Å². The number of hydrogen-bond donors (Lipinski definition) is 0. The summed E-state index contributed by atoms with van der Waals surface area (Å²) >= 11 is 0. The van der Waals surface area contributed by atoms with Crippen molar-refractivity contribution < 1.29 is 24.0 Å². The first-order valence-electron chi connectivity index (χ1n) is 4.66. The molecular formula is C10H9NO6. The molecule has 90 valence electrons. The van der Waals surface area contributed by atoms with Crippen LogP contribution in [0.2, 0.25) is 0 Å². The van der Waals surface area contributed by atoms with E-state index >= 15 is 0 Å². The molecule has 0 spiro atoms. The van der Waals surface area contributed by atoms with E-state index in [9.17, 15) is 19.7 Å². The van der Waals surface area contributed by atoms with Crippen LogP contribution >= 0.6 is 0 Å². The maximum Gasteiger partial charge on any atom is 0.513 e. The highest BCUT2D eigenvalue weighted by Crippen LogP contribution is 2.22. The lowest BCUT2D eigenvalue weighted by Crippen LogP contribution is -2.10. The van der Waals surface area contributed by atoms with Gasteiger partial charge in [-0.1, -0.05) is 0 Å². The van der Waals surface area contributed by atoms with Gasteiger partial charge in [0.15, 0.2) is 6.29 Å². The fourth-order valence-electron chi connectivity index (χ4n) is 1.10. The average Bonchev–Trinajstić information content (AvgIpc) is 2.28. The number of carbonyl (C=O) groups excluding carboxylic acids is 2. The summed E-state index contributed by atoms with van der Waals surface area (Å²) in [6.07, 6.45) is -0.617. The van der Waals surface area contributed by atoms with Crippen molar-refractivity contribution in [2.45, 2.75) is 6.92 Å². The van der Waals surface area contributed by atoms with Crippen LogP contribution in [-0.4, -0.2) is 24.0 Å². The molecule has 0 unspecified atom stereocenters. The van der Waals surface area contributed by atoms with E-state index in [0.717, 1.165) is 12.1 Å². The summed E-state index contributed by atoms with van der Waals surface area (Å²) in [7, 11) is 0. The van der Waals surface area contributed by atoms with Crippen LogP contribution in [0.1, 0.15) is 17.3 Å². The maximum absolute atomic E-state index is 11.0. The van der Waals surface area contributed by atoms with Gasteiger partial charge >= 0.3 is 6.16 Å². The summed E-state index contributed by atoms with van der Waals surface area (Å²) in [4.78, 5) is 31.4. The largest absolute Gasteiger partial charge is 0.513 e. The first kappa shape index (κ1) is 12.6. The maximum atomic E-state index is 11.0. The number of rotatable bonds is 4. The van der Waals surface area contributed by atoms with E-state index in [1.807, 2.05) is 0 Å². The summed E-state index contributed by atoms with van der Waals surface area (Å²) in [5.74, 6) is 0.0103. The number of nitro groups is 1. The second-order valence-electron chi connectivity index (χ2n) is 2.88. The van der Waals surface area contributed by atoms with Crippen LogP contribution in [0.5, 0.6) is 5.75 Å². The molecule has 0 fully saturated rings. The molecule has 17 heavy (non-hydrogen) atoms. The van der Waals surface area contributed by atoms with Gasteiger partial charge in [-0.25, -0.2) is 4.79 Å². The number of aldehydes is 1. The van der Waals surface area contributed by atoms with Gasteiger partial charge in [0, 0.05) is 6.07 Å². The van der Waals surface area contributed by atoms with Gasteiger partial charge in [0.2, 0.25) is 0 Å². The number of hydrogen-bond acceptors (Lipinski definition) is 6. The monoisotopic (exact) mass is 239 g/mol. The van der Waals surface area contributed by atoms with E-state index in [4.69, 9.17) is 0 Å². The summed E-state index contributed by atoms with van der Waals surface area (Å²) in [5.41, 5.74) is -0.520. The molecule has 0 aromatic heterocycles. The minimum atomic E-state index is -0.932. The standard InChI is InChI=1S/C10H9NO6/c1-2-16-10(13)17-8-3-4-9(11(14)15)7(5-8)6-12/h3-6H,2H2,1H3. The van der Waals surface area contributed by atoms with Crippen LogP contribution in [0.4, 0.5) is 10.5 Å². The zero-order valence-electron chi connectivity index (χ0n) is 8.91. The smallest absolute Gasteiger partial charge is 0.434 e. The Kier molecular flexibility index (Phi) is 4.15. The van der Waals surface area contributed by atoms with E-state index in [-0.39, 0.29) is 23.6 Å². The molecule has 0 heterocycles. The Morgan fingerprint density at radius 2 is 2.24 bits per heavy atom. The van der Waals surface area contributed by atoms with Crippen molar-refractivity contribution in [3.8, 4) is 5.75 Å². The van der Waals surface area contributed by atoms with Crippen molar-refractivity contribution in [2.75, 3.05) is 6.61 Å². The molecule has 0 amide bonds. The van der Waals surface area contributed by atoms with E-state index < -0.39 is 11.1 Å². The Bertz CT molecular complexity index is 456. The van der Waals surface area contributed by atoms with Gasteiger partial charge in [0.1, 0.15) is 5.75 Å². The molecule has 0 bridgehead atoms. The quantitative estimate of drug-likeness (QED) is 0.262. The first-order valence-corrected chi connectivity index (χ1v) is 4.66. The summed E-state index contributed by atoms with van der Waals surface area (Å²) in [5, 5.41) is 10.5. The van der Waals surface area contributed by atoms with Gasteiger partial charge in [0.05, 0.1) is 17.1 Å². The molecule has 1 aromatic carbocycles. The van der Waals surface area contributed by atoms with Crippen LogP contribution in [0.3, 0.4) is 0 Å². The predicted octanol–water partition coefficient (Wildman–Crippen LogP) is 1.94. The molecule has 0 saturated carbocycles. The Morgan fingerprint density at radius 1 is 1.53 bits per heavy atom. The van der Waals surface area contributed by atoms with E-state index in [0.29, 0.717) is 6.29 Å². The lowest BCUT2D eigenvalue weighted by Gasteiger charge is -2.04. The fraction of sp³-hybridized carbons (Fsp3) is 0.200. The highest BCUT2D eigenvalue weighted by molar-refractivity contribution is 5.82. The number of ether oxygens (including phenoxy) is 2. The van der Waals surface area contributed by atoms with Crippen molar-refractivity contribution >= 4 is 18.1 Å². The molecule has 7 heteroatoms. The molecule has 1 aromatic rings. The third-order valence-electron chi connectivity index (χ3n) is 1.79. The lowest BCUT2D eigenvalue weighted by molar-refractivity contribution is -0.385. The number of nitrogens with zero attached hydrogens (tertiary/aromatic N) is 1. The summed E-state index contributed by atoms with van der Waals surface area (Å²) < 4.78 is 9.20. The third-order valence-corrected chi connectivity index (χ3v) is 1.79. The van der Waals surface area contributed by atoms with Crippen molar-refractivity contribution in [3.05, 3.63) is 33.9 Å². The van der Waals surface area contributed by atoms with Gasteiger partial charge in [0.25, 0.3) is 5.69 Å². The molecule has 0 N–H and O–H groups in total. The minimum Gasteiger partial charge on any atom is -0.434 e. The topological polar surface area (TPSA) is 95.7 Å². The second-order valence-corrected chi connectivity index (χ2v) is 2.88. The fourth-order valence-corrected chi connectivity index (χ4v) is 1.10. The zero-order chi connectivity index (χ0) is 12.8. The van der Waals surface area contributed by atoms with Gasteiger partial charge in [-0.15, -0.1) is 0 Å². The van der Waals surface area contributed by atoms with Crippen LogP contribution < -0.4 is 4.74 Å². The van der Waals surface area contributed by atoms with Crippen LogP contribution in [0.25, 0.3) is 0 Å². The second kappa shape index (κ2) is 5.59. The van der Waals surface area contributed by atoms with Crippen LogP contribution in [-0.2, 0) is 4.74 Å². The average molecular weight is 239 g/mol. The van der Waals surface area contributed by atoms with Crippen molar-refractivity contribution in [1.82, 2.24) is 0 Å². The van der Waals surface area contributed by atoms with E-state index in [1.165, 1.54) is 6.07 Å². The minimum absolute atomic E-state index is 0.0103. The molecule has 1 rings (SSSR count). The van der Waals surface area contributed by atoms with Crippen molar-refractivity contribution in [2.24, 2.45) is 0 Å². The first-order chi connectivity index (χ1) is 8.08. The Morgan fingerprint density at radius 3 is 2.76 bits per heavy atom.